The summed E-state index contributed by atoms with van der Waals surface area (Å²) in [6, 6.07) is 5.67. The molecule has 1 aromatic heterocycles. The zero-order chi connectivity index (χ0) is 12.8. The van der Waals surface area contributed by atoms with E-state index in [9.17, 15) is 4.79 Å². The molecule has 5 heteroatoms. The minimum atomic E-state index is -0.163. The first-order valence-corrected chi connectivity index (χ1v) is 6.32. The van der Waals surface area contributed by atoms with Crippen molar-refractivity contribution in [3.8, 4) is 0 Å². The maximum Gasteiger partial charge on any atom is 0.251 e. The molecule has 1 saturated carbocycles. The number of aromatic nitrogens is 1. The average Bonchev–Trinajstić information content (AvgIpc) is 2.39. The number of carbonyl (C=O) groups is 1. The third kappa shape index (κ3) is 4.09. The molecule has 98 valence electrons. The first kappa shape index (κ1) is 13.0. The van der Waals surface area contributed by atoms with E-state index in [2.05, 4.69) is 10.3 Å². The van der Waals surface area contributed by atoms with Crippen molar-refractivity contribution < 1.29 is 9.53 Å². The van der Waals surface area contributed by atoms with Gasteiger partial charge in [-0.3, -0.25) is 4.79 Å². The van der Waals surface area contributed by atoms with Crippen molar-refractivity contribution in [1.82, 2.24) is 4.98 Å². The first-order valence-electron chi connectivity index (χ1n) is 6.32. The van der Waals surface area contributed by atoms with Crippen LogP contribution in [0.4, 0.5) is 5.82 Å². The Morgan fingerprint density at radius 2 is 2.17 bits per heavy atom. The maximum absolute atomic E-state index is 11.6. The summed E-state index contributed by atoms with van der Waals surface area (Å²) in [7, 11) is 0. The van der Waals surface area contributed by atoms with Crippen molar-refractivity contribution >= 4 is 11.7 Å². The van der Waals surface area contributed by atoms with E-state index in [1.54, 1.807) is 18.3 Å². The van der Waals surface area contributed by atoms with Crippen LogP contribution in [0.2, 0.25) is 0 Å². The number of hydrogen-bond acceptors (Lipinski definition) is 4. The number of ether oxygens (including phenoxy) is 1. The highest BCUT2D eigenvalue weighted by atomic mass is 16.5. The van der Waals surface area contributed by atoms with Gasteiger partial charge in [-0.2, -0.15) is 0 Å². The monoisotopic (exact) mass is 249 g/mol. The van der Waals surface area contributed by atoms with Crippen LogP contribution < -0.4 is 11.1 Å². The predicted molar refractivity (Wildman–Crippen MR) is 69.1 cm³/mol. The van der Waals surface area contributed by atoms with E-state index in [0.717, 1.165) is 25.7 Å². The highest BCUT2D eigenvalue weighted by molar-refractivity contribution is 5.90. The molecule has 0 bridgehead atoms. The smallest absolute Gasteiger partial charge is 0.251 e. The Balaban J connectivity index is 1.69. The second kappa shape index (κ2) is 6.47. The molecular weight excluding hydrogens is 230 g/mol. The van der Waals surface area contributed by atoms with Gasteiger partial charge in [0.05, 0.1) is 6.10 Å². The second-order valence-electron chi connectivity index (χ2n) is 4.61. The Kier molecular flexibility index (Phi) is 4.66. The molecule has 0 atom stereocenters. The van der Waals surface area contributed by atoms with E-state index < -0.39 is 0 Å². The van der Waals surface area contributed by atoms with Gasteiger partial charge in [-0.05, 0) is 37.8 Å². The molecule has 1 aliphatic rings. The number of pyridine rings is 1. The zero-order valence-corrected chi connectivity index (χ0v) is 10.3. The fourth-order valence-corrected chi connectivity index (χ4v) is 2.06. The van der Waals surface area contributed by atoms with E-state index in [1.165, 1.54) is 0 Å². The number of nitrogens with zero attached hydrogens (tertiary/aromatic N) is 1. The van der Waals surface area contributed by atoms with Gasteiger partial charge in [0.15, 0.2) is 0 Å². The summed E-state index contributed by atoms with van der Waals surface area (Å²) in [6.45, 7) is 0.0798. The highest BCUT2D eigenvalue weighted by Gasteiger charge is 2.19. The highest BCUT2D eigenvalue weighted by Crippen LogP contribution is 2.19. The molecule has 3 N–H and O–H groups in total. The molecule has 5 nitrogen and oxygen atoms in total. The lowest BCUT2D eigenvalue weighted by molar-refractivity contribution is -0.123. The Morgan fingerprint density at radius 3 is 2.83 bits per heavy atom. The van der Waals surface area contributed by atoms with Crippen LogP contribution in [0.5, 0.6) is 0 Å². The van der Waals surface area contributed by atoms with Crippen molar-refractivity contribution in [1.29, 1.82) is 0 Å². The fourth-order valence-electron chi connectivity index (χ4n) is 2.06. The van der Waals surface area contributed by atoms with Crippen molar-refractivity contribution in [2.45, 2.75) is 37.8 Å². The second-order valence-corrected chi connectivity index (χ2v) is 4.61. The van der Waals surface area contributed by atoms with Crippen LogP contribution in [-0.2, 0) is 9.53 Å². The molecular formula is C13H19N3O2. The SMILES string of the molecule is NC1CCC(OCC(=O)Nc2ccccn2)CC1. The minimum absolute atomic E-state index is 0.0798. The van der Waals surface area contributed by atoms with Crippen LogP contribution in [0.3, 0.4) is 0 Å². The van der Waals surface area contributed by atoms with Gasteiger partial charge in [-0.1, -0.05) is 6.07 Å². The first-order chi connectivity index (χ1) is 8.74. The van der Waals surface area contributed by atoms with Crippen LogP contribution in [0.15, 0.2) is 24.4 Å². The topological polar surface area (TPSA) is 77.2 Å². The molecule has 0 saturated heterocycles. The standard InChI is InChI=1S/C13H19N3O2/c14-10-4-6-11(7-5-10)18-9-13(17)16-12-3-1-2-8-15-12/h1-3,8,10-11H,4-7,9,14H2,(H,15,16,17). The predicted octanol–water partition coefficient (Wildman–Crippen LogP) is 1.31. The lowest BCUT2D eigenvalue weighted by atomic mass is 9.94. The van der Waals surface area contributed by atoms with Gasteiger partial charge in [-0.25, -0.2) is 4.98 Å². The Labute approximate surface area is 107 Å². The molecule has 2 rings (SSSR count). The molecule has 18 heavy (non-hydrogen) atoms. The molecule has 0 aromatic carbocycles. The van der Waals surface area contributed by atoms with Crippen LogP contribution in [0, 0.1) is 0 Å². The number of amides is 1. The third-order valence-electron chi connectivity index (χ3n) is 3.10. The van der Waals surface area contributed by atoms with E-state index in [0.29, 0.717) is 11.9 Å². The fraction of sp³-hybridized carbons (Fsp3) is 0.538. The largest absolute Gasteiger partial charge is 0.368 e. The lowest BCUT2D eigenvalue weighted by Gasteiger charge is -2.25. The number of hydrogen-bond donors (Lipinski definition) is 2. The van der Waals surface area contributed by atoms with Crippen LogP contribution in [0.1, 0.15) is 25.7 Å². The number of nitrogens with one attached hydrogen (secondary N) is 1. The van der Waals surface area contributed by atoms with Gasteiger partial charge in [0.2, 0.25) is 0 Å². The summed E-state index contributed by atoms with van der Waals surface area (Å²) in [6.07, 6.45) is 5.65. The van der Waals surface area contributed by atoms with Crippen molar-refractivity contribution in [3.63, 3.8) is 0 Å². The Morgan fingerprint density at radius 1 is 1.39 bits per heavy atom. The van der Waals surface area contributed by atoms with E-state index in [-0.39, 0.29) is 18.6 Å². The van der Waals surface area contributed by atoms with Gasteiger partial charge in [0.1, 0.15) is 12.4 Å². The number of anilines is 1. The normalized spacial score (nSPS) is 23.6. The number of nitrogens with two attached hydrogens (primary N) is 1. The molecule has 1 fully saturated rings. The van der Waals surface area contributed by atoms with Crippen molar-refractivity contribution in [2.24, 2.45) is 5.73 Å². The summed E-state index contributed by atoms with van der Waals surface area (Å²) in [5, 5.41) is 2.69. The Bertz CT molecular complexity index is 375. The van der Waals surface area contributed by atoms with Gasteiger partial charge >= 0.3 is 0 Å². The molecule has 1 aromatic rings. The molecule has 1 aliphatic carbocycles. The summed E-state index contributed by atoms with van der Waals surface area (Å²) in [4.78, 5) is 15.6. The third-order valence-corrected chi connectivity index (χ3v) is 3.10. The van der Waals surface area contributed by atoms with Gasteiger partial charge < -0.3 is 15.8 Å². The van der Waals surface area contributed by atoms with Crippen LogP contribution in [-0.4, -0.2) is 29.6 Å². The molecule has 0 radical (unpaired) electrons. The van der Waals surface area contributed by atoms with Crippen LogP contribution >= 0.6 is 0 Å². The van der Waals surface area contributed by atoms with Crippen LogP contribution in [0.25, 0.3) is 0 Å². The summed E-state index contributed by atoms with van der Waals surface area (Å²) in [5.41, 5.74) is 5.81. The molecule has 0 aliphatic heterocycles. The lowest BCUT2D eigenvalue weighted by Crippen LogP contribution is -2.32. The van der Waals surface area contributed by atoms with Gasteiger partial charge in [0, 0.05) is 12.2 Å². The molecule has 1 heterocycles. The van der Waals surface area contributed by atoms with E-state index >= 15 is 0 Å². The average molecular weight is 249 g/mol. The Hall–Kier alpha value is -1.46. The quantitative estimate of drug-likeness (QED) is 0.843. The zero-order valence-electron chi connectivity index (χ0n) is 10.3. The van der Waals surface area contributed by atoms with Crippen molar-refractivity contribution in [3.05, 3.63) is 24.4 Å². The van der Waals surface area contributed by atoms with Crippen molar-refractivity contribution in [2.75, 3.05) is 11.9 Å². The number of carbonyl (C=O) groups excluding carboxylic acids is 1. The minimum Gasteiger partial charge on any atom is -0.368 e. The van der Waals surface area contributed by atoms with E-state index in [4.69, 9.17) is 10.5 Å². The van der Waals surface area contributed by atoms with E-state index in [1.807, 2.05) is 6.07 Å². The molecule has 0 unspecified atom stereocenters. The summed E-state index contributed by atoms with van der Waals surface area (Å²) < 4.78 is 5.57. The van der Waals surface area contributed by atoms with Gasteiger partial charge in [0.25, 0.3) is 5.91 Å². The summed E-state index contributed by atoms with van der Waals surface area (Å²) in [5.74, 6) is 0.389. The maximum atomic E-state index is 11.6. The number of rotatable bonds is 4. The van der Waals surface area contributed by atoms with Gasteiger partial charge in [-0.15, -0.1) is 0 Å². The molecule has 0 spiro atoms. The summed E-state index contributed by atoms with van der Waals surface area (Å²) >= 11 is 0. The molecule has 1 amide bonds.